The van der Waals surface area contributed by atoms with Gasteiger partial charge in [-0.25, -0.2) is 17.2 Å². The summed E-state index contributed by atoms with van der Waals surface area (Å²) in [5.74, 6) is -0.969. The molecule has 1 fully saturated rings. The van der Waals surface area contributed by atoms with Crippen molar-refractivity contribution in [3.05, 3.63) is 65.7 Å². The van der Waals surface area contributed by atoms with E-state index < -0.39 is 21.9 Å². The molecule has 0 spiro atoms. The van der Waals surface area contributed by atoms with Gasteiger partial charge in [-0.05, 0) is 35.9 Å². The monoisotopic (exact) mass is 339 g/mol. The maximum absolute atomic E-state index is 13.3. The van der Waals surface area contributed by atoms with E-state index in [0.29, 0.717) is 5.56 Å². The molecule has 7 heteroatoms. The Morgan fingerprint density at radius 2 is 1.78 bits per heavy atom. The molecule has 1 atom stereocenters. The van der Waals surface area contributed by atoms with Crippen molar-refractivity contribution in [3.63, 3.8) is 0 Å². The van der Waals surface area contributed by atoms with Crippen molar-refractivity contribution in [2.75, 3.05) is 19.7 Å². The van der Waals surface area contributed by atoms with Crippen LogP contribution in [0.3, 0.4) is 0 Å². The Bertz CT molecular complexity index is 793. The van der Waals surface area contributed by atoms with Crippen molar-refractivity contribution in [1.29, 1.82) is 0 Å². The van der Waals surface area contributed by atoms with Gasteiger partial charge in [-0.1, -0.05) is 18.2 Å². The van der Waals surface area contributed by atoms with E-state index in [1.54, 1.807) is 12.1 Å². The molecule has 3 rings (SSSR count). The molecule has 1 aliphatic rings. The van der Waals surface area contributed by atoms with Crippen molar-refractivity contribution in [2.45, 2.75) is 11.0 Å². The minimum atomic E-state index is -3.79. The van der Waals surface area contributed by atoms with Crippen molar-refractivity contribution >= 4 is 10.0 Å². The topological polar surface area (TPSA) is 46.6 Å². The van der Waals surface area contributed by atoms with E-state index >= 15 is 0 Å². The first-order valence-corrected chi connectivity index (χ1v) is 8.53. The molecule has 0 bridgehead atoms. The quantitative estimate of drug-likeness (QED) is 0.864. The van der Waals surface area contributed by atoms with Crippen LogP contribution in [0.1, 0.15) is 11.7 Å². The van der Waals surface area contributed by atoms with Gasteiger partial charge in [0, 0.05) is 13.1 Å². The van der Waals surface area contributed by atoms with Crippen molar-refractivity contribution in [1.82, 2.24) is 4.31 Å². The fourth-order valence-electron chi connectivity index (χ4n) is 2.50. The highest BCUT2D eigenvalue weighted by Gasteiger charge is 2.31. The summed E-state index contributed by atoms with van der Waals surface area (Å²) in [6, 6.07) is 10.7. The van der Waals surface area contributed by atoms with Crippen LogP contribution in [0.4, 0.5) is 8.78 Å². The third-order valence-corrected chi connectivity index (χ3v) is 5.57. The van der Waals surface area contributed by atoms with Gasteiger partial charge in [0.15, 0.2) is 0 Å². The molecule has 1 aliphatic heterocycles. The Balaban J connectivity index is 1.84. The number of sulfonamides is 1. The molecule has 4 nitrogen and oxygen atoms in total. The number of ether oxygens (including phenoxy) is 1. The SMILES string of the molecule is O=S(=O)(c1cccc(F)c1)N1CCO[C@@H](c2ccc(F)cc2)C1. The van der Waals surface area contributed by atoms with Gasteiger partial charge in [0.2, 0.25) is 10.0 Å². The van der Waals surface area contributed by atoms with Gasteiger partial charge in [-0.15, -0.1) is 0 Å². The second-order valence-corrected chi connectivity index (χ2v) is 7.17. The lowest BCUT2D eigenvalue weighted by Crippen LogP contribution is -2.42. The molecule has 2 aromatic rings. The summed E-state index contributed by atoms with van der Waals surface area (Å²) in [5, 5.41) is 0. The average Bonchev–Trinajstić information content (AvgIpc) is 2.56. The normalized spacial score (nSPS) is 19.7. The standard InChI is InChI=1S/C16H15F2NO3S/c17-13-6-4-12(5-7-13)16-11-19(8-9-22-16)23(20,21)15-3-1-2-14(18)10-15/h1-7,10,16H,8-9,11H2/t16-/m1/s1. The molecule has 1 saturated heterocycles. The van der Waals surface area contributed by atoms with Gasteiger partial charge in [-0.3, -0.25) is 0 Å². The Morgan fingerprint density at radius 3 is 2.48 bits per heavy atom. The van der Waals surface area contributed by atoms with Crippen LogP contribution in [-0.4, -0.2) is 32.4 Å². The van der Waals surface area contributed by atoms with Crippen molar-refractivity contribution in [2.24, 2.45) is 0 Å². The first kappa shape index (κ1) is 16.0. The summed E-state index contributed by atoms with van der Waals surface area (Å²) >= 11 is 0. The molecule has 0 amide bonds. The molecular formula is C16H15F2NO3S. The van der Waals surface area contributed by atoms with Gasteiger partial charge in [0.05, 0.1) is 17.6 Å². The minimum absolute atomic E-state index is 0.0859. The predicted molar refractivity (Wildman–Crippen MR) is 80.3 cm³/mol. The van der Waals surface area contributed by atoms with E-state index in [0.717, 1.165) is 6.07 Å². The summed E-state index contributed by atoms with van der Waals surface area (Å²) in [7, 11) is -3.79. The second kappa shape index (κ2) is 6.35. The second-order valence-electron chi connectivity index (χ2n) is 5.23. The van der Waals surface area contributed by atoms with Gasteiger partial charge in [-0.2, -0.15) is 4.31 Å². The maximum Gasteiger partial charge on any atom is 0.243 e. The average molecular weight is 339 g/mol. The van der Waals surface area contributed by atoms with Crippen molar-refractivity contribution < 1.29 is 21.9 Å². The van der Waals surface area contributed by atoms with Crippen LogP contribution in [-0.2, 0) is 14.8 Å². The molecule has 122 valence electrons. The number of benzene rings is 2. The Morgan fingerprint density at radius 1 is 1.04 bits per heavy atom. The van der Waals surface area contributed by atoms with Crippen LogP contribution >= 0.6 is 0 Å². The largest absolute Gasteiger partial charge is 0.371 e. The molecule has 0 N–H and O–H groups in total. The zero-order chi connectivity index (χ0) is 16.4. The molecule has 0 saturated carbocycles. The smallest absolute Gasteiger partial charge is 0.243 e. The number of nitrogens with zero attached hydrogens (tertiary/aromatic N) is 1. The molecule has 0 unspecified atom stereocenters. The van der Waals surface area contributed by atoms with Gasteiger partial charge in [0.1, 0.15) is 11.6 Å². The van der Waals surface area contributed by atoms with E-state index in [1.807, 2.05) is 0 Å². The van der Waals surface area contributed by atoms with Crippen LogP contribution in [0, 0.1) is 11.6 Å². The molecular weight excluding hydrogens is 324 g/mol. The number of halogens is 2. The molecule has 1 heterocycles. The van der Waals surface area contributed by atoms with Gasteiger partial charge < -0.3 is 4.74 Å². The maximum atomic E-state index is 13.3. The molecule has 0 radical (unpaired) electrons. The number of rotatable bonds is 3. The summed E-state index contributed by atoms with van der Waals surface area (Å²) in [6.07, 6.45) is -0.479. The van der Waals surface area contributed by atoms with Crippen LogP contribution in [0.25, 0.3) is 0 Å². The van der Waals surface area contributed by atoms with Crippen LogP contribution in [0.15, 0.2) is 53.4 Å². The summed E-state index contributed by atoms with van der Waals surface area (Å²) in [5.41, 5.74) is 0.700. The van der Waals surface area contributed by atoms with Crippen LogP contribution in [0.2, 0.25) is 0 Å². The highest BCUT2D eigenvalue weighted by molar-refractivity contribution is 7.89. The fourth-order valence-corrected chi connectivity index (χ4v) is 3.96. The highest BCUT2D eigenvalue weighted by atomic mass is 32.2. The lowest BCUT2D eigenvalue weighted by atomic mass is 10.1. The van der Waals surface area contributed by atoms with Crippen LogP contribution in [0.5, 0.6) is 0 Å². The van der Waals surface area contributed by atoms with E-state index in [1.165, 1.54) is 34.6 Å². The van der Waals surface area contributed by atoms with E-state index in [9.17, 15) is 17.2 Å². The molecule has 2 aromatic carbocycles. The lowest BCUT2D eigenvalue weighted by Gasteiger charge is -2.32. The molecule has 23 heavy (non-hydrogen) atoms. The Labute approximate surface area is 133 Å². The minimum Gasteiger partial charge on any atom is -0.371 e. The number of hydrogen-bond acceptors (Lipinski definition) is 3. The lowest BCUT2D eigenvalue weighted by molar-refractivity contribution is -0.00259. The molecule has 0 aliphatic carbocycles. The van der Waals surface area contributed by atoms with E-state index in [-0.39, 0.29) is 30.4 Å². The zero-order valence-corrected chi connectivity index (χ0v) is 13.0. The Hall–Kier alpha value is -1.83. The number of morpholine rings is 1. The fraction of sp³-hybridized carbons (Fsp3) is 0.250. The molecule has 0 aromatic heterocycles. The van der Waals surface area contributed by atoms with Gasteiger partial charge >= 0.3 is 0 Å². The van der Waals surface area contributed by atoms with Gasteiger partial charge in [0.25, 0.3) is 0 Å². The third kappa shape index (κ3) is 3.41. The first-order valence-electron chi connectivity index (χ1n) is 7.09. The summed E-state index contributed by atoms with van der Waals surface area (Å²) in [4.78, 5) is -0.0859. The third-order valence-electron chi connectivity index (χ3n) is 3.70. The van der Waals surface area contributed by atoms with Crippen molar-refractivity contribution in [3.8, 4) is 0 Å². The summed E-state index contributed by atoms with van der Waals surface area (Å²) < 4.78 is 58.4. The van der Waals surface area contributed by atoms with E-state index in [2.05, 4.69) is 0 Å². The van der Waals surface area contributed by atoms with E-state index in [4.69, 9.17) is 4.74 Å². The first-order chi connectivity index (χ1) is 11.0. The number of hydrogen-bond donors (Lipinski definition) is 0. The predicted octanol–water partition coefficient (Wildman–Crippen LogP) is 2.73. The Kier molecular flexibility index (Phi) is 4.43. The zero-order valence-electron chi connectivity index (χ0n) is 12.2. The summed E-state index contributed by atoms with van der Waals surface area (Å²) in [6.45, 7) is 0.512. The van der Waals surface area contributed by atoms with Crippen LogP contribution < -0.4 is 0 Å². The highest BCUT2D eigenvalue weighted by Crippen LogP contribution is 2.26.